The third-order valence-corrected chi connectivity index (χ3v) is 4.20. The summed E-state index contributed by atoms with van der Waals surface area (Å²) in [6.45, 7) is 1.01. The molecule has 1 N–H and O–H groups in total. The summed E-state index contributed by atoms with van der Waals surface area (Å²) in [7, 11) is 1.73. The van der Waals surface area contributed by atoms with Crippen LogP contribution in [0.4, 0.5) is 5.69 Å². The Morgan fingerprint density at radius 2 is 2.08 bits per heavy atom. The molecule has 0 aliphatic carbocycles. The van der Waals surface area contributed by atoms with Crippen LogP contribution in [-0.2, 0) is 20.0 Å². The van der Waals surface area contributed by atoms with Gasteiger partial charge in [-0.3, -0.25) is 9.48 Å². The van der Waals surface area contributed by atoms with E-state index in [9.17, 15) is 4.79 Å². The highest BCUT2D eigenvalue weighted by atomic mass is 16.2. The predicted octanol–water partition coefficient (Wildman–Crippen LogP) is 2.27. The molecule has 0 spiro atoms. The maximum absolute atomic E-state index is 12.4. The second-order valence-electron chi connectivity index (χ2n) is 5.97. The van der Waals surface area contributed by atoms with E-state index in [4.69, 9.17) is 4.98 Å². The molecule has 0 bridgehead atoms. The molecule has 1 aromatic carbocycles. The first-order valence-corrected chi connectivity index (χ1v) is 8.04. The summed E-state index contributed by atoms with van der Waals surface area (Å²) in [4.78, 5) is 17.1. The summed E-state index contributed by atoms with van der Waals surface area (Å²) >= 11 is 0. The molecule has 3 aromatic rings. The fraction of sp³-hybridized carbons (Fsp3) is 0.294. The first kappa shape index (κ1) is 14.6. The minimum atomic E-state index is -0.278. The number of hydrogen-bond acceptors (Lipinski definition) is 4. The molecule has 4 rings (SSSR count). The van der Waals surface area contributed by atoms with E-state index >= 15 is 0 Å². The van der Waals surface area contributed by atoms with Crippen LogP contribution in [0.25, 0.3) is 11.3 Å². The van der Waals surface area contributed by atoms with Gasteiger partial charge in [-0.2, -0.15) is 0 Å². The van der Waals surface area contributed by atoms with Crippen LogP contribution in [0.3, 0.4) is 0 Å². The van der Waals surface area contributed by atoms with Crippen molar-refractivity contribution in [1.29, 1.82) is 0 Å². The highest BCUT2D eigenvalue weighted by molar-refractivity contribution is 6.04. The van der Waals surface area contributed by atoms with Crippen LogP contribution < -0.4 is 5.32 Å². The van der Waals surface area contributed by atoms with Crippen molar-refractivity contribution in [2.75, 3.05) is 5.32 Å². The number of fused-ring (bicyclic) bond motifs is 1. The third-order valence-electron chi connectivity index (χ3n) is 4.20. The van der Waals surface area contributed by atoms with Gasteiger partial charge in [0.15, 0.2) is 5.69 Å². The fourth-order valence-electron chi connectivity index (χ4n) is 3.00. The molecule has 7 heteroatoms. The van der Waals surface area contributed by atoms with Crippen molar-refractivity contribution < 1.29 is 4.79 Å². The lowest BCUT2D eigenvalue weighted by Crippen LogP contribution is -2.13. The molecule has 0 radical (unpaired) electrons. The number of anilines is 1. The van der Waals surface area contributed by atoms with Gasteiger partial charge in [-0.05, 0) is 18.9 Å². The number of aromatic nitrogens is 5. The largest absolute Gasteiger partial charge is 0.334 e. The molecule has 1 aliphatic heterocycles. The number of benzene rings is 1. The maximum Gasteiger partial charge on any atom is 0.277 e. The Kier molecular flexibility index (Phi) is 3.60. The van der Waals surface area contributed by atoms with Gasteiger partial charge in [0.25, 0.3) is 5.91 Å². The number of carbonyl (C=O) groups is 1. The van der Waals surface area contributed by atoms with Gasteiger partial charge in [0.2, 0.25) is 0 Å². The van der Waals surface area contributed by atoms with Gasteiger partial charge < -0.3 is 9.88 Å². The molecule has 1 aliphatic rings. The smallest absolute Gasteiger partial charge is 0.277 e. The van der Waals surface area contributed by atoms with Crippen LogP contribution in [0.1, 0.15) is 29.2 Å². The number of aryl methyl sites for hydroxylation is 3. The molecule has 7 nitrogen and oxygen atoms in total. The van der Waals surface area contributed by atoms with Crippen LogP contribution in [0.5, 0.6) is 0 Å². The second kappa shape index (κ2) is 5.92. The van der Waals surface area contributed by atoms with Crippen LogP contribution in [0.2, 0.25) is 0 Å². The van der Waals surface area contributed by atoms with E-state index in [-0.39, 0.29) is 11.6 Å². The van der Waals surface area contributed by atoms with Crippen molar-refractivity contribution >= 4 is 11.6 Å². The monoisotopic (exact) mass is 322 g/mol. The second-order valence-corrected chi connectivity index (χ2v) is 5.97. The van der Waals surface area contributed by atoms with E-state index in [1.54, 1.807) is 13.2 Å². The van der Waals surface area contributed by atoms with Crippen LogP contribution in [0, 0.1) is 0 Å². The van der Waals surface area contributed by atoms with Crippen molar-refractivity contribution in [1.82, 2.24) is 24.5 Å². The topological polar surface area (TPSA) is 77.6 Å². The zero-order valence-corrected chi connectivity index (χ0v) is 13.4. The quantitative estimate of drug-likeness (QED) is 0.802. The van der Waals surface area contributed by atoms with Gasteiger partial charge in [-0.15, -0.1) is 5.10 Å². The van der Waals surface area contributed by atoms with Crippen molar-refractivity contribution in [3.8, 4) is 11.3 Å². The molecule has 24 heavy (non-hydrogen) atoms. The van der Waals surface area contributed by atoms with Gasteiger partial charge in [0.05, 0.1) is 17.6 Å². The summed E-state index contributed by atoms with van der Waals surface area (Å²) in [5.74, 6) is 0.839. The van der Waals surface area contributed by atoms with Crippen LogP contribution in [-0.4, -0.2) is 30.5 Å². The zero-order chi connectivity index (χ0) is 16.5. The lowest BCUT2D eigenvalue weighted by atomic mass is 10.1. The van der Waals surface area contributed by atoms with Crippen molar-refractivity contribution in [2.24, 2.45) is 7.05 Å². The number of hydrogen-bond donors (Lipinski definition) is 1. The molecule has 3 heterocycles. The van der Waals surface area contributed by atoms with Gasteiger partial charge in [0, 0.05) is 31.8 Å². The Morgan fingerprint density at radius 3 is 2.88 bits per heavy atom. The molecule has 0 atom stereocenters. The van der Waals surface area contributed by atoms with Gasteiger partial charge in [0.1, 0.15) is 5.82 Å². The van der Waals surface area contributed by atoms with E-state index < -0.39 is 0 Å². The third kappa shape index (κ3) is 2.68. The van der Waals surface area contributed by atoms with Crippen LogP contribution in [0.15, 0.2) is 36.7 Å². The number of nitrogens with zero attached hydrogens (tertiary/aromatic N) is 5. The van der Waals surface area contributed by atoms with Gasteiger partial charge in [-0.1, -0.05) is 23.4 Å². The average Bonchev–Trinajstić information content (AvgIpc) is 3.21. The summed E-state index contributed by atoms with van der Waals surface area (Å²) in [5, 5.41) is 10.6. The molecule has 2 aromatic heterocycles. The number of rotatable bonds is 3. The van der Waals surface area contributed by atoms with E-state index in [0.717, 1.165) is 35.7 Å². The first-order chi connectivity index (χ1) is 11.7. The lowest BCUT2D eigenvalue weighted by molar-refractivity contribution is 0.102. The van der Waals surface area contributed by atoms with E-state index in [1.165, 1.54) is 17.5 Å². The predicted molar refractivity (Wildman–Crippen MR) is 89.6 cm³/mol. The van der Waals surface area contributed by atoms with Crippen LogP contribution >= 0.6 is 0 Å². The molecule has 0 unspecified atom stereocenters. The molecule has 0 saturated carbocycles. The molecular formula is C17H18N6O. The zero-order valence-electron chi connectivity index (χ0n) is 13.4. The van der Waals surface area contributed by atoms with E-state index in [0.29, 0.717) is 0 Å². The molecule has 1 amide bonds. The highest BCUT2D eigenvalue weighted by Crippen LogP contribution is 2.29. The Labute approximate surface area is 139 Å². The minimum absolute atomic E-state index is 0.278. The molecule has 0 saturated heterocycles. The normalized spacial score (nSPS) is 13.5. The Hall–Kier alpha value is -2.96. The summed E-state index contributed by atoms with van der Waals surface area (Å²) < 4.78 is 3.71. The number of amides is 1. The Morgan fingerprint density at radius 1 is 1.21 bits per heavy atom. The van der Waals surface area contributed by atoms with Crippen molar-refractivity contribution in [3.63, 3.8) is 0 Å². The first-order valence-electron chi connectivity index (χ1n) is 8.04. The average molecular weight is 322 g/mol. The van der Waals surface area contributed by atoms with E-state index in [1.807, 2.05) is 24.3 Å². The SMILES string of the molecule is Cn1cc(C(=O)Nc2ccccc2-c2cn3c(n2)CCCC3)nn1. The molecule has 0 fully saturated rings. The summed E-state index contributed by atoms with van der Waals surface area (Å²) in [6.07, 6.45) is 7.04. The maximum atomic E-state index is 12.4. The lowest BCUT2D eigenvalue weighted by Gasteiger charge is -2.11. The number of carbonyl (C=O) groups excluding carboxylic acids is 1. The van der Waals surface area contributed by atoms with Crippen molar-refractivity contribution in [3.05, 3.63) is 48.2 Å². The standard InChI is InChI=1S/C17H18N6O/c1-22-10-15(20-21-22)17(24)19-13-7-3-2-6-12(13)14-11-23-9-5-4-8-16(23)18-14/h2-3,6-7,10-11H,4-5,8-9H2,1H3,(H,19,24). The minimum Gasteiger partial charge on any atom is -0.334 e. The Balaban J connectivity index is 1.65. The highest BCUT2D eigenvalue weighted by Gasteiger charge is 2.17. The van der Waals surface area contributed by atoms with Gasteiger partial charge >= 0.3 is 0 Å². The molecule has 122 valence electrons. The fourth-order valence-corrected chi connectivity index (χ4v) is 3.00. The number of para-hydroxylation sites is 1. The van der Waals surface area contributed by atoms with Crippen molar-refractivity contribution in [2.45, 2.75) is 25.8 Å². The Bertz CT molecular complexity index is 871. The number of imidazole rings is 1. The summed E-state index contributed by atoms with van der Waals surface area (Å²) in [5.41, 5.74) is 2.82. The summed E-state index contributed by atoms with van der Waals surface area (Å²) in [6, 6.07) is 7.69. The number of nitrogens with one attached hydrogen (secondary N) is 1. The van der Waals surface area contributed by atoms with Gasteiger partial charge in [-0.25, -0.2) is 4.98 Å². The van der Waals surface area contributed by atoms with E-state index in [2.05, 4.69) is 26.4 Å². The molecular weight excluding hydrogens is 304 g/mol.